The largest absolute Gasteiger partial charge is 0.398 e. The number of hydrogen-bond acceptors (Lipinski definition) is 3. The van der Waals surface area contributed by atoms with Crippen molar-refractivity contribution < 1.29 is 4.79 Å². The topological polar surface area (TPSA) is 46.3 Å². The molecule has 0 aliphatic rings. The van der Waals surface area contributed by atoms with Crippen LogP contribution in [0.5, 0.6) is 0 Å². The van der Waals surface area contributed by atoms with Crippen molar-refractivity contribution in [3.05, 3.63) is 49.0 Å². The number of rotatable bonds is 4. The van der Waals surface area contributed by atoms with Crippen molar-refractivity contribution in [2.24, 2.45) is 0 Å². The van der Waals surface area contributed by atoms with Gasteiger partial charge in [-0.05, 0) is 56.5 Å². The summed E-state index contributed by atoms with van der Waals surface area (Å²) in [6, 6.07) is 9.47. The van der Waals surface area contributed by atoms with Crippen LogP contribution >= 0.6 is 43.2 Å². The van der Waals surface area contributed by atoms with Gasteiger partial charge in [0.1, 0.15) is 0 Å². The second-order valence-corrected chi connectivity index (χ2v) is 8.01. The van der Waals surface area contributed by atoms with Gasteiger partial charge in [-0.15, -0.1) is 11.3 Å². The molecule has 2 N–H and O–H groups in total. The molecular formula is C14H14Br2N2OS. The number of para-hydroxylation sites is 1. The van der Waals surface area contributed by atoms with E-state index in [1.807, 2.05) is 37.3 Å². The second kappa shape index (κ2) is 6.74. The molecule has 0 saturated carbocycles. The zero-order valence-electron chi connectivity index (χ0n) is 10.9. The molecule has 0 aliphatic heterocycles. The Labute approximate surface area is 139 Å². The van der Waals surface area contributed by atoms with Crippen molar-refractivity contribution >= 4 is 54.8 Å². The van der Waals surface area contributed by atoms with E-state index in [4.69, 9.17) is 5.73 Å². The average Bonchev–Trinajstić information content (AvgIpc) is 2.76. The van der Waals surface area contributed by atoms with E-state index in [1.54, 1.807) is 4.90 Å². The fourth-order valence-electron chi connectivity index (χ4n) is 1.87. The lowest BCUT2D eigenvalue weighted by molar-refractivity contribution is 0.0752. The third-order valence-corrected chi connectivity index (χ3v) is 5.31. The second-order valence-electron chi connectivity index (χ2n) is 4.26. The van der Waals surface area contributed by atoms with Gasteiger partial charge in [0.05, 0.1) is 13.1 Å². The predicted octanol–water partition coefficient (Wildman–Crippen LogP) is 4.52. The normalized spacial score (nSPS) is 10.6. The first kappa shape index (κ1) is 15.5. The summed E-state index contributed by atoms with van der Waals surface area (Å²) >= 11 is 8.33. The predicted molar refractivity (Wildman–Crippen MR) is 91.0 cm³/mol. The molecule has 0 fully saturated rings. The molecule has 0 radical (unpaired) electrons. The third kappa shape index (κ3) is 3.42. The van der Waals surface area contributed by atoms with Crippen LogP contribution in [0, 0.1) is 0 Å². The van der Waals surface area contributed by atoms with Gasteiger partial charge in [-0.3, -0.25) is 4.79 Å². The standard InChI is InChI=1S/C14H14Br2N2OS/c1-2-18(8-9-5-3-4-6-11(9)17)14(19)10-7-12(15)20-13(10)16/h3-7H,2,8,17H2,1H3. The maximum Gasteiger partial charge on any atom is 0.256 e. The summed E-state index contributed by atoms with van der Waals surface area (Å²) in [4.78, 5) is 14.3. The van der Waals surface area contributed by atoms with E-state index in [0.717, 1.165) is 13.1 Å². The fraction of sp³-hybridized carbons (Fsp3) is 0.214. The third-order valence-electron chi connectivity index (χ3n) is 2.97. The minimum Gasteiger partial charge on any atom is -0.398 e. The molecule has 0 unspecified atom stereocenters. The van der Waals surface area contributed by atoms with Crippen molar-refractivity contribution in [3.63, 3.8) is 0 Å². The van der Waals surface area contributed by atoms with Crippen molar-refractivity contribution in [1.82, 2.24) is 4.90 Å². The van der Waals surface area contributed by atoms with Gasteiger partial charge in [-0.1, -0.05) is 18.2 Å². The maximum atomic E-state index is 12.6. The first-order valence-corrected chi connectivity index (χ1v) is 8.50. The number of benzene rings is 1. The summed E-state index contributed by atoms with van der Waals surface area (Å²) in [5.74, 6) is 0.00424. The Morgan fingerprint density at radius 3 is 2.60 bits per heavy atom. The van der Waals surface area contributed by atoms with Crippen LogP contribution in [0.2, 0.25) is 0 Å². The Bertz CT molecular complexity index is 627. The molecule has 6 heteroatoms. The quantitative estimate of drug-likeness (QED) is 0.743. The number of nitrogens with two attached hydrogens (primary N) is 1. The number of halogens is 2. The van der Waals surface area contributed by atoms with Crippen LogP contribution in [-0.4, -0.2) is 17.4 Å². The van der Waals surface area contributed by atoms with Crippen molar-refractivity contribution in [1.29, 1.82) is 0 Å². The Morgan fingerprint density at radius 2 is 2.05 bits per heavy atom. The lowest BCUT2D eigenvalue weighted by Crippen LogP contribution is -2.30. The van der Waals surface area contributed by atoms with E-state index in [0.29, 0.717) is 24.3 Å². The number of thiophene rings is 1. The van der Waals surface area contributed by atoms with E-state index in [2.05, 4.69) is 31.9 Å². The summed E-state index contributed by atoms with van der Waals surface area (Å²) in [6.45, 7) is 3.11. The van der Waals surface area contributed by atoms with Gasteiger partial charge in [0, 0.05) is 18.8 Å². The van der Waals surface area contributed by atoms with Crippen LogP contribution in [0.3, 0.4) is 0 Å². The lowest BCUT2D eigenvalue weighted by Gasteiger charge is -2.21. The van der Waals surface area contributed by atoms with E-state index in [-0.39, 0.29) is 5.91 Å². The highest BCUT2D eigenvalue weighted by molar-refractivity contribution is 9.12. The number of amides is 1. The molecule has 1 aromatic heterocycles. The average molecular weight is 418 g/mol. The molecule has 2 rings (SSSR count). The number of carbonyl (C=O) groups excluding carboxylic acids is 1. The van der Waals surface area contributed by atoms with Crippen LogP contribution in [0.25, 0.3) is 0 Å². The number of nitrogen functional groups attached to an aromatic ring is 1. The lowest BCUT2D eigenvalue weighted by atomic mass is 10.1. The van der Waals surface area contributed by atoms with E-state index >= 15 is 0 Å². The zero-order chi connectivity index (χ0) is 14.7. The molecule has 3 nitrogen and oxygen atoms in total. The summed E-state index contributed by atoms with van der Waals surface area (Å²) in [6.07, 6.45) is 0. The Hall–Kier alpha value is -0.850. The van der Waals surface area contributed by atoms with E-state index < -0.39 is 0 Å². The molecule has 1 aromatic carbocycles. The summed E-state index contributed by atoms with van der Waals surface area (Å²) < 4.78 is 1.77. The van der Waals surface area contributed by atoms with Gasteiger partial charge < -0.3 is 10.6 Å². The monoisotopic (exact) mass is 416 g/mol. The highest BCUT2D eigenvalue weighted by atomic mass is 79.9. The number of carbonyl (C=O) groups is 1. The van der Waals surface area contributed by atoms with Gasteiger partial charge in [0.2, 0.25) is 0 Å². The Morgan fingerprint density at radius 1 is 1.35 bits per heavy atom. The van der Waals surface area contributed by atoms with Crippen molar-refractivity contribution in [2.75, 3.05) is 12.3 Å². The SMILES string of the molecule is CCN(Cc1ccccc1N)C(=O)c1cc(Br)sc1Br. The minimum absolute atomic E-state index is 0.00424. The van der Waals surface area contributed by atoms with Gasteiger partial charge in [0.25, 0.3) is 5.91 Å². The minimum atomic E-state index is 0.00424. The Balaban J connectivity index is 2.22. The van der Waals surface area contributed by atoms with Gasteiger partial charge in [-0.25, -0.2) is 0 Å². The van der Waals surface area contributed by atoms with E-state index in [1.165, 1.54) is 11.3 Å². The molecule has 1 amide bonds. The van der Waals surface area contributed by atoms with E-state index in [9.17, 15) is 4.79 Å². The number of anilines is 1. The number of hydrogen-bond donors (Lipinski definition) is 1. The summed E-state index contributed by atoms with van der Waals surface area (Å²) in [7, 11) is 0. The molecule has 0 saturated heterocycles. The van der Waals surface area contributed by atoms with Crippen molar-refractivity contribution in [2.45, 2.75) is 13.5 Å². The van der Waals surface area contributed by atoms with Crippen LogP contribution in [-0.2, 0) is 6.54 Å². The van der Waals surface area contributed by atoms with Crippen LogP contribution in [0.1, 0.15) is 22.8 Å². The van der Waals surface area contributed by atoms with Crippen LogP contribution in [0.15, 0.2) is 37.9 Å². The van der Waals surface area contributed by atoms with Crippen molar-refractivity contribution in [3.8, 4) is 0 Å². The molecule has 0 bridgehead atoms. The first-order valence-electron chi connectivity index (χ1n) is 6.10. The molecule has 2 aromatic rings. The molecule has 20 heavy (non-hydrogen) atoms. The molecule has 0 atom stereocenters. The van der Waals surface area contributed by atoms with Gasteiger partial charge in [0.15, 0.2) is 0 Å². The zero-order valence-corrected chi connectivity index (χ0v) is 14.9. The number of nitrogens with zero attached hydrogens (tertiary/aromatic N) is 1. The molecule has 0 aliphatic carbocycles. The molecule has 0 spiro atoms. The first-order chi connectivity index (χ1) is 9.52. The summed E-state index contributed by atoms with van der Waals surface area (Å²) in [5.41, 5.74) is 8.30. The van der Waals surface area contributed by atoms with Crippen LogP contribution < -0.4 is 5.73 Å². The molecular weight excluding hydrogens is 404 g/mol. The van der Waals surface area contributed by atoms with Gasteiger partial charge in [-0.2, -0.15) is 0 Å². The smallest absolute Gasteiger partial charge is 0.256 e. The molecule has 106 valence electrons. The Kier molecular flexibility index (Phi) is 5.23. The highest BCUT2D eigenvalue weighted by Crippen LogP contribution is 2.33. The van der Waals surface area contributed by atoms with Crippen LogP contribution in [0.4, 0.5) is 5.69 Å². The fourth-order valence-corrected chi connectivity index (χ4v) is 4.65. The highest BCUT2D eigenvalue weighted by Gasteiger charge is 2.20. The maximum absolute atomic E-state index is 12.6. The van der Waals surface area contributed by atoms with Gasteiger partial charge >= 0.3 is 0 Å². The molecule has 1 heterocycles. The summed E-state index contributed by atoms with van der Waals surface area (Å²) in [5, 5.41) is 0.